The number of ketones is 1. The van der Waals surface area contributed by atoms with Gasteiger partial charge in [-0.2, -0.15) is 0 Å². The highest BCUT2D eigenvalue weighted by Gasteiger charge is 1.87. The van der Waals surface area contributed by atoms with Gasteiger partial charge in [0, 0.05) is 0 Å². The average Bonchev–Trinajstić information content (AvgIpc) is 1.65. The summed E-state index contributed by atoms with van der Waals surface area (Å²) < 4.78 is 0. The second-order valence-electron chi connectivity index (χ2n) is 0.638. The molecule has 0 atom stereocenters. The monoisotopic (exact) mass is 86.0 g/mol. The zero-order valence-electron chi connectivity index (χ0n) is 2.88. The molecule has 0 saturated heterocycles. The quantitative estimate of drug-likeness (QED) is 0.245. The molecule has 3 nitrogen and oxygen atoms in total. The predicted molar refractivity (Wildman–Crippen MR) is 17.1 cm³/mol. The third kappa shape index (κ3) is 1.34. The molecular formula is C3H2O3. The van der Waals surface area contributed by atoms with Crippen molar-refractivity contribution in [1.82, 2.24) is 0 Å². The van der Waals surface area contributed by atoms with Gasteiger partial charge in [0.25, 0.3) is 5.78 Å². The summed E-state index contributed by atoms with van der Waals surface area (Å²) in [7, 11) is 0. The van der Waals surface area contributed by atoms with E-state index in [0.29, 0.717) is 0 Å². The van der Waals surface area contributed by atoms with Gasteiger partial charge < -0.3 is 0 Å². The molecule has 6 heavy (non-hydrogen) atoms. The molecule has 0 aromatic rings. The van der Waals surface area contributed by atoms with E-state index in [-0.39, 0.29) is 12.6 Å². The lowest BCUT2D eigenvalue weighted by Crippen LogP contribution is -1.97. The van der Waals surface area contributed by atoms with Crippen LogP contribution in [0.3, 0.4) is 0 Å². The molecule has 0 spiro atoms. The number of aldehydes is 2. The minimum Gasteiger partial charge on any atom is -0.294 e. The van der Waals surface area contributed by atoms with Gasteiger partial charge in [-0.25, -0.2) is 0 Å². The van der Waals surface area contributed by atoms with E-state index in [2.05, 4.69) is 0 Å². The Morgan fingerprint density at radius 2 is 1.50 bits per heavy atom. The van der Waals surface area contributed by atoms with Crippen molar-refractivity contribution in [1.29, 1.82) is 0 Å². The average molecular weight is 86.0 g/mol. The molecule has 0 aliphatic carbocycles. The van der Waals surface area contributed by atoms with Gasteiger partial charge in [0.15, 0.2) is 12.6 Å². The van der Waals surface area contributed by atoms with Crippen LogP contribution in [0.4, 0.5) is 0 Å². The van der Waals surface area contributed by atoms with Gasteiger partial charge in [0.05, 0.1) is 0 Å². The molecule has 0 N–H and O–H groups in total. The third-order valence-electron chi connectivity index (χ3n) is 0.232. The fourth-order valence-corrected chi connectivity index (χ4v) is 0.0278. The fraction of sp³-hybridized carbons (Fsp3) is 0. The summed E-state index contributed by atoms with van der Waals surface area (Å²) >= 11 is 0. The van der Waals surface area contributed by atoms with E-state index in [0.717, 1.165) is 0 Å². The van der Waals surface area contributed by atoms with E-state index >= 15 is 0 Å². The van der Waals surface area contributed by atoms with E-state index in [9.17, 15) is 4.79 Å². The molecular weight excluding hydrogens is 84.0 g/mol. The zero-order valence-corrected chi connectivity index (χ0v) is 2.88. The Morgan fingerprint density at radius 3 is 1.50 bits per heavy atom. The van der Waals surface area contributed by atoms with Gasteiger partial charge in [-0.15, -0.1) is 0 Å². The Balaban J connectivity index is 3.52. The van der Waals surface area contributed by atoms with Crippen LogP contribution in [0.5, 0.6) is 0 Å². The first-order chi connectivity index (χ1) is 2.81. The van der Waals surface area contributed by atoms with Crippen LogP contribution >= 0.6 is 0 Å². The van der Waals surface area contributed by atoms with Gasteiger partial charge >= 0.3 is 0 Å². The Bertz CT molecular complexity index is 74.0. The van der Waals surface area contributed by atoms with Crippen LogP contribution in [-0.2, 0) is 14.4 Å². The molecule has 0 rings (SSSR count). The molecule has 3 heteroatoms. The van der Waals surface area contributed by atoms with Crippen molar-refractivity contribution in [3.05, 3.63) is 0 Å². The van der Waals surface area contributed by atoms with Gasteiger partial charge in [-0.3, -0.25) is 14.4 Å². The SMILES string of the molecule is O=CC(=O)C=O. The van der Waals surface area contributed by atoms with Gasteiger partial charge in [0.2, 0.25) is 0 Å². The Hall–Kier alpha value is -0.990. The van der Waals surface area contributed by atoms with Crippen molar-refractivity contribution >= 4 is 18.4 Å². The van der Waals surface area contributed by atoms with Crippen molar-refractivity contribution in [2.75, 3.05) is 0 Å². The number of rotatable bonds is 2. The number of carbonyl (C=O) groups is 3. The van der Waals surface area contributed by atoms with Crippen molar-refractivity contribution in [2.24, 2.45) is 0 Å². The van der Waals surface area contributed by atoms with E-state index in [1.807, 2.05) is 0 Å². The first-order valence-corrected chi connectivity index (χ1v) is 1.25. The molecule has 0 fully saturated rings. The lowest BCUT2D eigenvalue weighted by Gasteiger charge is -1.58. The molecule has 0 aromatic heterocycles. The van der Waals surface area contributed by atoms with Crippen LogP contribution in [0.1, 0.15) is 0 Å². The molecule has 0 heterocycles. The van der Waals surface area contributed by atoms with Crippen molar-refractivity contribution in [3.8, 4) is 0 Å². The molecule has 0 bridgehead atoms. The maximum atomic E-state index is 9.44. The smallest absolute Gasteiger partial charge is 0.257 e. The molecule has 0 aliphatic rings. The summed E-state index contributed by atoms with van der Waals surface area (Å²) in [5.41, 5.74) is 0. The second kappa shape index (κ2) is 2.26. The van der Waals surface area contributed by atoms with Crippen LogP contribution in [0.2, 0.25) is 0 Å². The molecule has 0 aliphatic heterocycles. The van der Waals surface area contributed by atoms with Crippen LogP contribution in [0.25, 0.3) is 0 Å². The molecule has 0 radical (unpaired) electrons. The number of carbonyl (C=O) groups excluding carboxylic acids is 3. The van der Waals surface area contributed by atoms with Gasteiger partial charge in [-0.05, 0) is 0 Å². The van der Waals surface area contributed by atoms with Crippen LogP contribution in [0.15, 0.2) is 0 Å². The Labute approximate surface area is 34.0 Å². The number of Topliss-reactive ketones (excluding diaryl/α,β-unsaturated/α-hetero) is 1. The van der Waals surface area contributed by atoms with Crippen molar-refractivity contribution in [3.63, 3.8) is 0 Å². The highest BCUT2D eigenvalue weighted by atomic mass is 16.2. The second-order valence-corrected chi connectivity index (χ2v) is 0.638. The third-order valence-corrected chi connectivity index (χ3v) is 0.232. The molecule has 0 aromatic carbocycles. The minimum atomic E-state index is -1.02. The van der Waals surface area contributed by atoms with Gasteiger partial charge in [-0.1, -0.05) is 0 Å². The van der Waals surface area contributed by atoms with Crippen LogP contribution in [0, 0.1) is 0 Å². The largest absolute Gasteiger partial charge is 0.294 e. The number of hydrogen-bond acceptors (Lipinski definition) is 3. The first kappa shape index (κ1) is 5.01. The fourth-order valence-electron chi connectivity index (χ4n) is 0.0278. The van der Waals surface area contributed by atoms with Crippen LogP contribution < -0.4 is 0 Å². The van der Waals surface area contributed by atoms with Gasteiger partial charge in [0.1, 0.15) is 0 Å². The topological polar surface area (TPSA) is 51.2 Å². The Morgan fingerprint density at radius 1 is 1.17 bits per heavy atom. The molecule has 0 unspecified atom stereocenters. The zero-order chi connectivity index (χ0) is 4.99. The minimum absolute atomic E-state index is 0.0347. The highest BCUT2D eigenvalue weighted by Crippen LogP contribution is 1.45. The lowest BCUT2D eigenvalue weighted by molar-refractivity contribution is -0.135. The van der Waals surface area contributed by atoms with Crippen LogP contribution in [-0.4, -0.2) is 18.4 Å². The summed E-state index contributed by atoms with van der Waals surface area (Å²) in [4.78, 5) is 27.8. The maximum absolute atomic E-state index is 9.44. The predicted octanol–water partition coefficient (Wildman–Crippen LogP) is -1.05. The van der Waals surface area contributed by atoms with E-state index < -0.39 is 5.78 Å². The molecule has 0 amide bonds. The summed E-state index contributed by atoms with van der Waals surface area (Å²) in [6, 6.07) is 0. The standard InChI is InChI=1S/C3H2O3/c4-1-3(6)2-5/h1-2H. The highest BCUT2D eigenvalue weighted by molar-refractivity contribution is 6.50. The Kier molecular flexibility index (Phi) is 1.89. The van der Waals surface area contributed by atoms with E-state index in [4.69, 9.17) is 9.59 Å². The summed E-state index contributed by atoms with van der Waals surface area (Å²) in [6.07, 6.45) is -0.0694. The molecule has 32 valence electrons. The first-order valence-electron chi connectivity index (χ1n) is 1.25. The lowest BCUT2D eigenvalue weighted by atomic mass is 10.5. The summed E-state index contributed by atoms with van der Waals surface area (Å²) in [5, 5.41) is 0. The normalized spacial score (nSPS) is 6.67. The summed E-state index contributed by atoms with van der Waals surface area (Å²) in [6.45, 7) is 0. The molecule has 0 saturated carbocycles. The number of hydrogen-bond donors (Lipinski definition) is 0. The maximum Gasteiger partial charge on any atom is 0.257 e. The van der Waals surface area contributed by atoms with E-state index in [1.165, 1.54) is 0 Å². The van der Waals surface area contributed by atoms with E-state index in [1.54, 1.807) is 0 Å². The van der Waals surface area contributed by atoms with Crippen molar-refractivity contribution in [2.45, 2.75) is 0 Å². The summed E-state index contributed by atoms with van der Waals surface area (Å²) in [5.74, 6) is -1.02. The van der Waals surface area contributed by atoms with Crippen molar-refractivity contribution < 1.29 is 14.4 Å².